The van der Waals surface area contributed by atoms with Gasteiger partial charge >= 0.3 is 0 Å². The number of nitrogens with zero attached hydrogens (tertiary/aromatic N) is 1. The van der Waals surface area contributed by atoms with E-state index in [1.165, 1.54) is 19.3 Å². The van der Waals surface area contributed by atoms with E-state index in [4.69, 9.17) is 10.5 Å². The quantitative estimate of drug-likeness (QED) is 0.906. The Morgan fingerprint density at radius 1 is 1.32 bits per heavy atom. The van der Waals surface area contributed by atoms with Gasteiger partial charge in [0.2, 0.25) is 0 Å². The van der Waals surface area contributed by atoms with Gasteiger partial charge < -0.3 is 10.5 Å². The fourth-order valence-electron chi connectivity index (χ4n) is 3.04. The van der Waals surface area contributed by atoms with E-state index in [-0.39, 0.29) is 6.04 Å². The minimum Gasteiger partial charge on any atom is -0.497 e. The van der Waals surface area contributed by atoms with Crippen molar-refractivity contribution in [1.82, 2.24) is 4.90 Å². The molecule has 19 heavy (non-hydrogen) atoms. The van der Waals surface area contributed by atoms with E-state index >= 15 is 0 Å². The van der Waals surface area contributed by atoms with Crippen LogP contribution in [0, 0.1) is 0 Å². The number of hydrogen-bond donors (Lipinski definition) is 1. The monoisotopic (exact) mass is 262 g/mol. The Hall–Kier alpha value is -1.06. The van der Waals surface area contributed by atoms with Gasteiger partial charge in [0.05, 0.1) is 7.11 Å². The third-order valence-electron chi connectivity index (χ3n) is 4.31. The second-order valence-corrected chi connectivity index (χ2v) is 5.71. The highest BCUT2D eigenvalue weighted by molar-refractivity contribution is 5.30. The Balaban J connectivity index is 2.04. The third kappa shape index (κ3) is 3.48. The van der Waals surface area contributed by atoms with Crippen molar-refractivity contribution in [3.8, 4) is 5.75 Å². The zero-order valence-corrected chi connectivity index (χ0v) is 12.3. The molecule has 1 aromatic carbocycles. The molecule has 1 unspecified atom stereocenters. The summed E-state index contributed by atoms with van der Waals surface area (Å²) >= 11 is 0. The number of ether oxygens (including phenoxy) is 1. The minimum absolute atomic E-state index is 0.0538. The van der Waals surface area contributed by atoms with Crippen LogP contribution >= 0.6 is 0 Å². The van der Waals surface area contributed by atoms with Gasteiger partial charge in [-0.2, -0.15) is 0 Å². The molecule has 0 amide bonds. The van der Waals surface area contributed by atoms with Crippen molar-refractivity contribution in [3.63, 3.8) is 0 Å². The first-order valence-electron chi connectivity index (χ1n) is 7.27. The Labute approximate surface area is 116 Å². The fraction of sp³-hybridized carbons (Fsp3) is 0.625. The zero-order valence-electron chi connectivity index (χ0n) is 12.3. The molecule has 0 aliphatic carbocycles. The van der Waals surface area contributed by atoms with Gasteiger partial charge in [-0.3, -0.25) is 4.90 Å². The molecule has 2 rings (SSSR count). The third-order valence-corrected chi connectivity index (χ3v) is 4.31. The van der Waals surface area contributed by atoms with Gasteiger partial charge in [0, 0.05) is 24.7 Å². The van der Waals surface area contributed by atoms with E-state index in [1.54, 1.807) is 7.11 Å². The SMILES string of the molecule is COc1cccc(C(N)CN2[C@H](C)CCC[C@@H]2C)c1. The molecule has 1 fully saturated rings. The van der Waals surface area contributed by atoms with Crippen LogP contribution in [0.2, 0.25) is 0 Å². The second kappa shape index (κ2) is 6.40. The molecule has 106 valence electrons. The number of likely N-dealkylation sites (tertiary alicyclic amines) is 1. The highest BCUT2D eigenvalue weighted by Gasteiger charge is 2.26. The first-order chi connectivity index (χ1) is 9.11. The molecule has 0 spiro atoms. The highest BCUT2D eigenvalue weighted by Crippen LogP contribution is 2.25. The molecule has 0 bridgehead atoms. The predicted molar refractivity (Wildman–Crippen MR) is 79.4 cm³/mol. The van der Waals surface area contributed by atoms with Crippen molar-refractivity contribution in [2.75, 3.05) is 13.7 Å². The molecule has 0 saturated carbocycles. The van der Waals surface area contributed by atoms with Crippen LogP contribution < -0.4 is 10.5 Å². The normalized spacial score (nSPS) is 26.1. The maximum Gasteiger partial charge on any atom is 0.119 e. The molecule has 3 heteroatoms. The summed E-state index contributed by atoms with van der Waals surface area (Å²) in [7, 11) is 1.69. The molecule has 2 N–H and O–H groups in total. The van der Waals surface area contributed by atoms with Gasteiger partial charge in [0.25, 0.3) is 0 Å². The smallest absolute Gasteiger partial charge is 0.119 e. The summed E-state index contributed by atoms with van der Waals surface area (Å²) in [4.78, 5) is 2.55. The van der Waals surface area contributed by atoms with Crippen molar-refractivity contribution >= 4 is 0 Å². The molecular weight excluding hydrogens is 236 g/mol. The van der Waals surface area contributed by atoms with E-state index in [9.17, 15) is 0 Å². The van der Waals surface area contributed by atoms with Crippen molar-refractivity contribution in [2.24, 2.45) is 5.73 Å². The molecule has 1 aliphatic heterocycles. The number of piperidine rings is 1. The minimum atomic E-state index is 0.0538. The van der Waals surface area contributed by atoms with Crippen LogP contribution in [0.3, 0.4) is 0 Å². The summed E-state index contributed by atoms with van der Waals surface area (Å²) in [6.07, 6.45) is 3.91. The summed E-state index contributed by atoms with van der Waals surface area (Å²) in [6.45, 7) is 5.55. The van der Waals surface area contributed by atoms with Crippen LogP contribution in [-0.4, -0.2) is 30.6 Å². The summed E-state index contributed by atoms with van der Waals surface area (Å²) in [6, 6.07) is 9.44. The van der Waals surface area contributed by atoms with Crippen molar-refractivity contribution < 1.29 is 4.74 Å². The zero-order chi connectivity index (χ0) is 13.8. The van der Waals surface area contributed by atoms with E-state index in [0.717, 1.165) is 17.9 Å². The second-order valence-electron chi connectivity index (χ2n) is 5.71. The van der Waals surface area contributed by atoms with Gasteiger partial charge in [0.15, 0.2) is 0 Å². The van der Waals surface area contributed by atoms with Crippen molar-refractivity contribution in [1.29, 1.82) is 0 Å². The van der Waals surface area contributed by atoms with E-state index < -0.39 is 0 Å². The van der Waals surface area contributed by atoms with Crippen molar-refractivity contribution in [2.45, 2.75) is 51.2 Å². The lowest BCUT2D eigenvalue weighted by Crippen LogP contribution is -2.46. The van der Waals surface area contributed by atoms with Crippen LogP contribution in [0.15, 0.2) is 24.3 Å². The first kappa shape index (κ1) is 14.4. The molecule has 1 aromatic rings. The lowest BCUT2D eigenvalue weighted by Gasteiger charge is -2.40. The Morgan fingerprint density at radius 2 is 2.00 bits per heavy atom. The number of hydrogen-bond acceptors (Lipinski definition) is 3. The van der Waals surface area contributed by atoms with Crippen LogP contribution in [-0.2, 0) is 0 Å². The molecule has 1 saturated heterocycles. The van der Waals surface area contributed by atoms with Gasteiger partial charge in [-0.25, -0.2) is 0 Å². The number of methoxy groups -OCH3 is 1. The number of benzene rings is 1. The average Bonchev–Trinajstić information content (AvgIpc) is 2.43. The molecule has 1 heterocycles. The summed E-state index contributed by atoms with van der Waals surface area (Å²) < 4.78 is 5.27. The Bertz CT molecular complexity index is 397. The topological polar surface area (TPSA) is 38.5 Å². The largest absolute Gasteiger partial charge is 0.497 e. The molecule has 0 radical (unpaired) electrons. The van der Waals surface area contributed by atoms with E-state index in [2.05, 4.69) is 24.8 Å². The molecular formula is C16H26N2O. The lowest BCUT2D eigenvalue weighted by molar-refractivity contribution is 0.0961. The standard InChI is InChI=1S/C16H26N2O/c1-12-6-4-7-13(2)18(12)11-16(17)14-8-5-9-15(10-14)19-3/h5,8-10,12-13,16H,4,6-7,11,17H2,1-3H3/t12-,13+,16?. The van der Waals surface area contributed by atoms with Gasteiger partial charge in [-0.05, 0) is 44.4 Å². The summed E-state index contributed by atoms with van der Waals surface area (Å²) in [5.74, 6) is 0.882. The molecule has 0 aromatic heterocycles. The van der Waals surface area contributed by atoms with Crippen LogP contribution in [0.5, 0.6) is 5.75 Å². The van der Waals surface area contributed by atoms with Gasteiger partial charge in [-0.1, -0.05) is 18.6 Å². The maximum absolute atomic E-state index is 6.38. The fourth-order valence-corrected chi connectivity index (χ4v) is 3.04. The van der Waals surface area contributed by atoms with Crippen LogP contribution in [0.25, 0.3) is 0 Å². The molecule has 3 atom stereocenters. The predicted octanol–water partition coefficient (Wildman–Crippen LogP) is 2.96. The van der Waals surface area contributed by atoms with Gasteiger partial charge in [0.1, 0.15) is 5.75 Å². The Kier molecular flexibility index (Phi) is 4.83. The molecule has 1 aliphatic rings. The summed E-state index contributed by atoms with van der Waals surface area (Å²) in [5.41, 5.74) is 7.53. The lowest BCUT2D eigenvalue weighted by atomic mass is 9.96. The average molecular weight is 262 g/mol. The van der Waals surface area contributed by atoms with Gasteiger partial charge in [-0.15, -0.1) is 0 Å². The number of rotatable bonds is 4. The van der Waals surface area contributed by atoms with Crippen molar-refractivity contribution in [3.05, 3.63) is 29.8 Å². The number of nitrogens with two attached hydrogens (primary N) is 1. The first-order valence-corrected chi connectivity index (χ1v) is 7.27. The Morgan fingerprint density at radius 3 is 2.63 bits per heavy atom. The van der Waals surface area contributed by atoms with Crippen LogP contribution in [0.1, 0.15) is 44.7 Å². The van der Waals surface area contributed by atoms with E-state index in [0.29, 0.717) is 12.1 Å². The van der Waals surface area contributed by atoms with E-state index in [1.807, 2.05) is 18.2 Å². The maximum atomic E-state index is 6.38. The highest BCUT2D eigenvalue weighted by atomic mass is 16.5. The molecule has 3 nitrogen and oxygen atoms in total. The summed E-state index contributed by atoms with van der Waals surface area (Å²) in [5, 5.41) is 0. The van der Waals surface area contributed by atoms with Crippen LogP contribution in [0.4, 0.5) is 0 Å².